The maximum atomic E-state index is 10.9. The third kappa shape index (κ3) is 2.00. The average Bonchev–Trinajstić information content (AvgIpc) is 2.15. The summed E-state index contributed by atoms with van der Waals surface area (Å²) in [6.07, 6.45) is 0.652. The van der Waals surface area contributed by atoms with E-state index in [1.165, 1.54) is 18.2 Å². The van der Waals surface area contributed by atoms with Crippen LogP contribution in [0.1, 0.15) is 12.0 Å². The molecule has 2 rings (SSSR count). The van der Waals surface area contributed by atoms with Gasteiger partial charge in [0, 0.05) is 0 Å². The number of rotatable bonds is 1. The van der Waals surface area contributed by atoms with E-state index in [4.69, 9.17) is 9.29 Å². The number of hydrogen-bond acceptors (Lipinski definition) is 4. The minimum atomic E-state index is -4.19. The molecule has 0 amide bonds. The first-order valence-corrected chi connectivity index (χ1v) is 5.72. The van der Waals surface area contributed by atoms with Crippen LogP contribution < -0.4 is 4.74 Å². The first-order chi connectivity index (χ1) is 6.97. The molecular weight excluding hydrogens is 220 g/mol. The van der Waals surface area contributed by atoms with Gasteiger partial charge in [-0.1, -0.05) is 0 Å². The average molecular weight is 228 g/mol. The molecule has 0 spiro atoms. The second-order valence-corrected chi connectivity index (χ2v) is 4.64. The van der Waals surface area contributed by atoms with Crippen molar-refractivity contribution < 1.29 is 22.5 Å². The van der Waals surface area contributed by atoms with Gasteiger partial charge in [0.2, 0.25) is 0 Å². The zero-order chi connectivity index (χ0) is 11.1. The summed E-state index contributed by atoms with van der Waals surface area (Å²) in [7, 11) is -4.19. The number of esters is 1. The quantitative estimate of drug-likeness (QED) is 0.436. The number of benzene rings is 1. The maximum Gasteiger partial charge on any atom is 0.311 e. The maximum absolute atomic E-state index is 10.9. The lowest BCUT2D eigenvalue weighted by Gasteiger charge is -2.15. The molecule has 0 saturated carbocycles. The fourth-order valence-corrected chi connectivity index (χ4v) is 1.95. The first-order valence-electron chi connectivity index (χ1n) is 4.28. The molecule has 5 nitrogen and oxygen atoms in total. The molecule has 1 aromatic carbocycles. The lowest BCUT2D eigenvalue weighted by atomic mass is 10.1. The first kappa shape index (κ1) is 10.1. The van der Waals surface area contributed by atoms with Gasteiger partial charge in [-0.2, -0.15) is 8.42 Å². The Bertz CT molecular complexity index is 517. The minimum absolute atomic E-state index is 0.181. The van der Waals surface area contributed by atoms with Crippen molar-refractivity contribution in [2.75, 3.05) is 0 Å². The van der Waals surface area contributed by atoms with E-state index in [1.807, 2.05) is 0 Å². The summed E-state index contributed by atoms with van der Waals surface area (Å²) in [6, 6.07) is 3.89. The van der Waals surface area contributed by atoms with Gasteiger partial charge in [-0.15, -0.1) is 0 Å². The summed E-state index contributed by atoms with van der Waals surface area (Å²) in [5, 5.41) is 0. The number of carbonyl (C=O) groups excluding carboxylic acids is 1. The van der Waals surface area contributed by atoms with E-state index in [9.17, 15) is 13.2 Å². The molecule has 0 saturated heterocycles. The van der Waals surface area contributed by atoms with Crippen LogP contribution in [0, 0.1) is 0 Å². The van der Waals surface area contributed by atoms with Gasteiger partial charge >= 0.3 is 5.97 Å². The Kier molecular flexibility index (Phi) is 2.24. The SMILES string of the molecule is O=C1CCc2cc(S(=O)(=O)O)ccc2O1. The molecule has 0 aromatic heterocycles. The van der Waals surface area contributed by atoms with E-state index >= 15 is 0 Å². The van der Waals surface area contributed by atoms with E-state index in [-0.39, 0.29) is 17.3 Å². The molecule has 0 aliphatic carbocycles. The molecule has 1 N–H and O–H groups in total. The number of aryl methyl sites for hydroxylation is 1. The molecule has 0 fully saturated rings. The molecule has 0 unspecified atom stereocenters. The molecule has 1 aliphatic rings. The monoisotopic (exact) mass is 228 g/mol. The molecule has 80 valence electrons. The van der Waals surface area contributed by atoms with Crippen molar-refractivity contribution >= 4 is 16.1 Å². The summed E-state index contributed by atoms with van der Waals surface area (Å²) < 4.78 is 35.4. The molecule has 15 heavy (non-hydrogen) atoms. The van der Waals surface area contributed by atoms with Gasteiger partial charge in [0.15, 0.2) is 0 Å². The van der Waals surface area contributed by atoms with Crippen molar-refractivity contribution in [3.8, 4) is 5.75 Å². The lowest BCUT2D eigenvalue weighted by molar-refractivity contribution is -0.135. The molecular formula is C9H8O5S. The van der Waals surface area contributed by atoms with Crippen LogP contribution in [-0.4, -0.2) is 18.9 Å². The Hall–Kier alpha value is -1.40. The topological polar surface area (TPSA) is 80.7 Å². The molecule has 6 heteroatoms. The van der Waals surface area contributed by atoms with Crippen LogP contribution in [0.15, 0.2) is 23.1 Å². The summed E-state index contributed by atoms with van der Waals surface area (Å²) in [5.41, 5.74) is 0.615. The van der Waals surface area contributed by atoms with E-state index in [0.29, 0.717) is 17.7 Å². The van der Waals surface area contributed by atoms with Crippen LogP contribution in [0.4, 0.5) is 0 Å². The van der Waals surface area contributed by atoms with Crippen molar-refractivity contribution in [2.45, 2.75) is 17.7 Å². The zero-order valence-corrected chi connectivity index (χ0v) is 8.45. The lowest BCUT2D eigenvalue weighted by Crippen LogP contribution is -2.16. The molecule has 0 bridgehead atoms. The van der Waals surface area contributed by atoms with Gasteiger partial charge in [-0.05, 0) is 30.2 Å². The summed E-state index contributed by atoms with van der Waals surface area (Å²) in [5.74, 6) is 0.0285. The van der Waals surface area contributed by atoms with E-state index < -0.39 is 10.1 Å². The van der Waals surface area contributed by atoms with E-state index in [1.54, 1.807) is 0 Å². The van der Waals surface area contributed by atoms with E-state index in [0.717, 1.165) is 0 Å². The second-order valence-electron chi connectivity index (χ2n) is 3.22. The van der Waals surface area contributed by atoms with Crippen LogP contribution in [0.25, 0.3) is 0 Å². The van der Waals surface area contributed by atoms with Crippen molar-refractivity contribution in [3.63, 3.8) is 0 Å². The van der Waals surface area contributed by atoms with Gasteiger partial charge in [0.1, 0.15) is 5.75 Å². The van der Waals surface area contributed by atoms with Crippen LogP contribution in [0.3, 0.4) is 0 Å². The number of fused-ring (bicyclic) bond motifs is 1. The normalized spacial score (nSPS) is 15.7. The Morgan fingerprint density at radius 1 is 1.27 bits per heavy atom. The van der Waals surface area contributed by atoms with E-state index in [2.05, 4.69) is 0 Å². The Labute approximate surface area is 86.4 Å². The highest BCUT2D eigenvalue weighted by molar-refractivity contribution is 7.85. The molecule has 1 aromatic rings. The van der Waals surface area contributed by atoms with Crippen LogP contribution in [0.5, 0.6) is 5.75 Å². The second kappa shape index (κ2) is 3.32. The largest absolute Gasteiger partial charge is 0.426 e. The fraction of sp³-hybridized carbons (Fsp3) is 0.222. The summed E-state index contributed by atoms with van der Waals surface area (Å²) in [4.78, 5) is 10.7. The Morgan fingerprint density at radius 3 is 2.67 bits per heavy atom. The molecule has 1 heterocycles. The van der Waals surface area contributed by atoms with Gasteiger partial charge in [-0.25, -0.2) is 0 Å². The standard InChI is InChI=1S/C9H8O5S/c10-9-4-1-6-5-7(15(11,12)13)2-3-8(6)14-9/h2-3,5H,1,4H2,(H,11,12,13). The number of ether oxygens (including phenoxy) is 1. The number of carbonyl (C=O) groups is 1. The van der Waals surface area contributed by atoms with Gasteiger partial charge in [-0.3, -0.25) is 9.35 Å². The van der Waals surface area contributed by atoms with Crippen molar-refractivity contribution in [1.29, 1.82) is 0 Å². The molecule has 1 aliphatic heterocycles. The third-order valence-corrected chi connectivity index (χ3v) is 3.00. The zero-order valence-electron chi connectivity index (χ0n) is 7.63. The highest BCUT2D eigenvalue weighted by Gasteiger charge is 2.19. The van der Waals surface area contributed by atoms with Crippen LogP contribution in [0.2, 0.25) is 0 Å². The predicted molar refractivity (Wildman–Crippen MR) is 50.2 cm³/mol. The molecule has 0 radical (unpaired) electrons. The minimum Gasteiger partial charge on any atom is -0.426 e. The van der Waals surface area contributed by atoms with Crippen LogP contribution in [-0.2, 0) is 21.3 Å². The summed E-state index contributed by atoms with van der Waals surface area (Å²) in [6.45, 7) is 0. The van der Waals surface area contributed by atoms with Gasteiger partial charge < -0.3 is 4.74 Å². The van der Waals surface area contributed by atoms with Crippen molar-refractivity contribution in [1.82, 2.24) is 0 Å². The highest BCUT2D eigenvalue weighted by atomic mass is 32.2. The molecule has 0 atom stereocenters. The smallest absolute Gasteiger partial charge is 0.311 e. The summed E-state index contributed by atoms with van der Waals surface area (Å²) >= 11 is 0. The number of hydrogen-bond donors (Lipinski definition) is 1. The van der Waals surface area contributed by atoms with Crippen molar-refractivity contribution in [2.24, 2.45) is 0 Å². The predicted octanol–water partition coefficient (Wildman–Crippen LogP) is 0.785. The van der Waals surface area contributed by atoms with Crippen LogP contribution >= 0.6 is 0 Å². The Morgan fingerprint density at radius 2 is 2.00 bits per heavy atom. The van der Waals surface area contributed by atoms with Crippen molar-refractivity contribution in [3.05, 3.63) is 23.8 Å². The van der Waals surface area contributed by atoms with Gasteiger partial charge in [0.05, 0.1) is 11.3 Å². The highest BCUT2D eigenvalue weighted by Crippen LogP contribution is 2.27. The van der Waals surface area contributed by atoms with Gasteiger partial charge in [0.25, 0.3) is 10.1 Å². The fourth-order valence-electron chi connectivity index (χ4n) is 1.42. The Balaban J connectivity index is 2.48. The third-order valence-electron chi connectivity index (χ3n) is 2.15.